The van der Waals surface area contributed by atoms with Crippen molar-refractivity contribution in [3.05, 3.63) is 21.9 Å². The SMILES string of the molecule is CCC(N)C(c1ccc(C)s1)N1CCCC(C(C)C)CC1. The van der Waals surface area contributed by atoms with Crippen molar-refractivity contribution in [2.24, 2.45) is 17.6 Å². The first-order valence-corrected chi connectivity index (χ1v) is 9.40. The molecule has 1 aliphatic rings. The number of aryl methyl sites for hydroxylation is 1. The second-order valence-electron chi connectivity index (χ2n) is 6.94. The Hall–Kier alpha value is -0.380. The van der Waals surface area contributed by atoms with Gasteiger partial charge in [-0.3, -0.25) is 4.90 Å². The van der Waals surface area contributed by atoms with E-state index in [0.29, 0.717) is 6.04 Å². The maximum atomic E-state index is 6.50. The molecular formula is C18H32N2S. The lowest BCUT2D eigenvalue weighted by atomic mass is 9.89. The van der Waals surface area contributed by atoms with Gasteiger partial charge in [0.1, 0.15) is 0 Å². The van der Waals surface area contributed by atoms with Crippen molar-refractivity contribution in [3.63, 3.8) is 0 Å². The lowest BCUT2D eigenvalue weighted by Crippen LogP contribution is -2.41. The van der Waals surface area contributed by atoms with Gasteiger partial charge in [0.15, 0.2) is 0 Å². The Bertz CT molecular complexity index is 427. The predicted octanol–water partition coefficient (Wildman–Crippen LogP) is 4.59. The van der Waals surface area contributed by atoms with Gasteiger partial charge in [-0.15, -0.1) is 11.3 Å². The molecule has 2 heterocycles. The molecule has 1 saturated heterocycles. The second-order valence-corrected chi connectivity index (χ2v) is 8.26. The highest BCUT2D eigenvalue weighted by Gasteiger charge is 2.29. The van der Waals surface area contributed by atoms with Crippen molar-refractivity contribution in [3.8, 4) is 0 Å². The van der Waals surface area contributed by atoms with Gasteiger partial charge in [-0.1, -0.05) is 20.8 Å². The van der Waals surface area contributed by atoms with E-state index in [1.807, 2.05) is 11.3 Å². The van der Waals surface area contributed by atoms with Gasteiger partial charge >= 0.3 is 0 Å². The molecule has 0 bridgehead atoms. The fourth-order valence-corrected chi connectivity index (χ4v) is 4.68. The van der Waals surface area contributed by atoms with Crippen molar-refractivity contribution in [2.45, 2.75) is 65.5 Å². The molecule has 21 heavy (non-hydrogen) atoms. The predicted molar refractivity (Wildman–Crippen MR) is 93.8 cm³/mol. The number of nitrogens with two attached hydrogens (primary N) is 1. The van der Waals surface area contributed by atoms with E-state index in [1.54, 1.807) is 0 Å². The molecule has 1 aromatic rings. The largest absolute Gasteiger partial charge is 0.326 e. The fraction of sp³-hybridized carbons (Fsp3) is 0.778. The van der Waals surface area contributed by atoms with Crippen LogP contribution in [0, 0.1) is 18.8 Å². The van der Waals surface area contributed by atoms with Crippen molar-refractivity contribution in [1.82, 2.24) is 4.90 Å². The van der Waals surface area contributed by atoms with E-state index in [0.717, 1.165) is 18.3 Å². The van der Waals surface area contributed by atoms with Crippen LogP contribution in [0.3, 0.4) is 0 Å². The molecule has 1 fully saturated rings. The third-order valence-corrected chi connectivity index (χ3v) is 6.14. The molecule has 0 radical (unpaired) electrons. The Morgan fingerprint density at radius 3 is 2.62 bits per heavy atom. The van der Waals surface area contributed by atoms with Crippen LogP contribution in [-0.4, -0.2) is 24.0 Å². The highest BCUT2D eigenvalue weighted by Crippen LogP contribution is 2.34. The average molecular weight is 309 g/mol. The normalized spacial score (nSPS) is 24.0. The monoisotopic (exact) mass is 308 g/mol. The van der Waals surface area contributed by atoms with Gasteiger partial charge in [0.25, 0.3) is 0 Å². The first kappa shape index (κ1) is 17.0. The third kappa shape index (κ3) is 4.30. The summed E-state index contributed by atoms with van der Waals surface area (Å²) in [5.74, 6) is 1.70. The highest BCUT2D eigenvalue weighted by molar-refractivity contribution is 7.12. The molecule has 0 aromatic carbocycles. The molecular weight excluding hydrogens is 276 g/mol. The van der Waals surface area contributed by atoms with E-state index in [-0.39, 0.29) is 6.04 Å². The van der Waals surface area contributed by atoms with E-state index in [4.69, 9.17) is 5.73 Å². The molecule has 2 N–H and O–H groups in total. The number of likely N-dealkylation sites (tertiary alicyclic amines) is 1. The van der Waals surface area contributed by atoms with E-state index in [9.17, 15) is 0 Å². The van der Waals surface area contributed by atoms with Crippen LogP contribution in [0.25, 0.3) is 0 Å². The van der Waals surface area contributed by atoms with Crippen molar-refractivity contribution in [1.29, 1.82) is 0 Å². The molecule has 0 aliphatic carbocycles. The summed E-state index contributed by atoms with van der Waals surface area (Å²) in [5.41, 5.74) is 6.50. The van der Waals surface area contributed by atoms with E-state index in [1.165, 1.54) is 42.1 Å². The van der Waals surface area contributed by atoms with E-state index < -0.39 is 0 Å². The smallest absolute Gasteiger partial charge is 0.0593 e. The number of rotatable bonds is 5. The summed E-state index contributed by atoms with van der Waals surface area (Å²) in [4.78, 5) is 5.53. The van der Waals surface area contributed by atoms with Crippen LogP contribution in [0.1, 0.15) is 62.3 Å². The summed E-state index contributed by atoms with van der Waals surface area (Å²) in [6.07, 6.45) is 5.08. The molecule has 0 amide bonds. The van der Waals surface area contributed by atoms with Crippen molar-refractivity contribution in [2.75, 3.05) is 13.1 Å². The molecule has 3 heteroatoms. The number of nitrogens with zero attached hydrogens (tertiary/aromatic N) is 1. The zero-order valence-corrected chi connectivity index (χ0v) is 15.0. The lowest BCUT2D eigenvalue weighted by Gasteiger charge is -2.34. The van der Waals surface area contributed by atoms with Crippen LogP contribution in [0.5, 0.6) is 0 Å². The Balaban J connectivity index is 2.13. The summed E-state index contributed by atoms with van der Waals surface area (Å²) in [6, 6.07) is 5.20. The first-order valence-electron chi connectivity index (χ1n) is 8.58. The molecule has 120 valence electrons. The van der Waals surface area contributed by atoms with E-state index in [2.05, 4.69) is 44.7 Å². The van der Waals surface area contributed by atoms with Crippen molar-refractivity contribution < 1.29 is 0 Å². The molecule has 2 nitrogen and oxygen atoms in total. The van der Waals surface area contributed by atoms with Gasteiger partial charge in [0, 0.05) is 15.8 Å². The molecule has 3 unspecified atom stereocenters. The number of thiophene rings is 1. The molecule has 1 aromatic heterocycles. The minimum atomic E-state index is 0.249. The number of hydrogen-bond donors (Lipinski definition) is 1. The van der Waals surface area contributed by atoms with Crippen LogP contribution in [-0.2, 0) is 0 Å². The standard InChI is InChI=1S/C18H32N2S/c1-5-16(19)18(17-9-8-14(4)21-17)20-11-6-7-15(10-12-20)13(2)3/h8-9,13,15-16,18H,5-7,10-12,19H2,1-4H3. The quantitative estimate of drug-likeness (QED) is 0.862. The maximum Gasteiger partial charge on any atom is 0.0593 e. The van der Waals surface area contributed by atoms with Crippen LogP contribution in [0.4, 0.5) is 0 Å². The van der Waals surface area contributed by atoms with E-state index >= 15 is 0 Å². The second kappa shape index (κ2) is 7.75. The van der Waals surface area contributed by atoms with Gasteiger partial charge in [-0.25, -0.2) is 0 Å². The minimum absolute atomic E-state index is 0.249. The Kier molecular flexibility index (Phi) is 6.27. The Labute approximate surface area is 134 Å². The van der Waals surface area contributed by atoms with Crippen LogP contribution >= 0.6 is 11.3 Å². The molecule has 0 spiro atoms. The summed E-state index contributed by atoms with van der Waals surface area (Å²) < 4.78 is 0. The van der Waals surface area contributed by atoms with Crippen LogP contribution in [0.2, 0.25) is 0 Å². The topological polar surface area (TPSA) is 29.3 Å². The number of hydrogen-bond acceptors (Lipinski definition) is 3. The molecule has 2 rings (SSSR count). The summed E-state index contributed by atoms with van der Waals surface area (Å²) >= 11 is 1.93. The van der Waals surface area contributed by atoms with Crippen LogP contribution < -0.4 is 5.73 Å². The Morgan fingerprint density at radius 1 is 1.29 bits per heavy atom. The summed E-state index contributed by atoms with van der Waals surface area (Å²) in [5, 5.41) is 0. The zero-order chi connectivity index (χ0) is 15.4. The molecule has 1 aliphatic heterocycles. The van der Waals surface area contributed by atoms with Gasteiger partial charge in [-0.2, -0.15) is 0 Å². The van der Waals surface area contributed by atoms with Crippen LogP contribution in [0.15, 0.2) is 12.1 Å². The summed E-state index contributed by atoms with van der Waals surface area (Å²) in [7, 11) is 0. The van der Waals surface area contributed by atoms with Gasteiger partial charge in [-0.05, 0) is 69.7 Å². The average Bonchev–Trinajstić information content (AvgIpc) is 2.73. The zero-order valence-electron chi connectivity index (χ0n) is 14.1. The highest BCUT2D eigenvalue weighted by atomic mass is 32.1. The Morgan fingerprint density at radius 2 is 2.05 bits per heavy atom. The molecule has 3 atom stereocenters. The molecule has 0 saturated carbocycles. The van der Waals surface area contributed by atoms with Crippen molar-refractivity contribution >= 4 is 11.3 Å². The van der Waals surface area contributed by atoms with Gasteiger partial charge in [0.05, 0.1) is 6.04 Å². The fourth-order valence-electron chi connectivity index (χ4n) is 3.59. The first-order chi connectivity index (χ1) is 10.0. The van der Waals surface area contributed by atoms with Gasteiger partial charge in [0.2, 0.25) is 0 Å². The van der Waals surface area contributed by atoms with Gasteiger partial charge < -0.3 is 5.73 Å². The third-order valence-electron chi connectivity index (χ3n) is 5.07. The summed E-state index contributed by atoms with van der Waals surface area (Å²) in [6.45, 7) is 11.6. The maximum absolute atomic E-state index is 6.50. The minimum Gasteiger partial charge on any atom is -0.326 e. The lowest BCUT2D eigenvalue weighted by molar-refractivity contribution is 0.174.